The number of piperazine rings is 1. The molecule has 0 radical (unpaired) electrons. The number of aromatic nitrogens is 2. The summed E-state index contributed by atoms with van der Waals surface area (Å²) in [5.41, 5.74) is 1.26. The number of aryl methyl sites for hydroxylation is 1. The normalized spacial score (nSPS) is 21.7. The number of thiazole rings is 1. The minimum absolute atomic E-state index is 0.00687. The van der Waals surface area contributed by atoms with Gasteiger partial charge in [0.2, 0.25) is 5.91 Å². The molecule has 2 saturated heterocycles. The van der Waals surface area contributed by atoms with Crippen molar-refractivity contribution < 1.29 is 14.3 Å². The summed E-state index contributed by atoms with van der Waals surface area (Å²) in [6, 6.07) is -0.483. The van der Waals surface area contributed by atoms with Gasteiger partial charge in [-0.1, -0.05) is 0 Å². The van der Waals surface area contributed by atoms with E-state index in [1.54, 1.807) is 9.80 Å². The number of fused-ring (bicyclic) bond motifs is 1. The highest BCUT2D eigenvalue weighted by Crippen LogP contribution is 2.20. The smallest absolute Gasteiger partial charge is 0.273 e. The van der Waals surface area contributed by atoms with Crippen molar-refractivity contribution in [3.8, 4) is 0 Å². The molecule has 2 aromatic rings. The molecule has 134 valence electrons. The van der Waals surface area contributed by atoms with Gasteiger partial charge in [-0.15, -0.1) is 11.3 Å². The topological polar surface area (TPSA) is 79.2 Å². The summed E-state index contributed by atoms with van der Waals surface area (Å²) in [6.45, 7) is 5.78. The Morgan fingerprint density at radius 3 is 2.92 bits per heavy atom. The van der Waals surface area contributed by atoms with Crippen molar-refractivity contribution >= 4 is 28.1 Å². The van der Waals surface area contributed by atoms with Crippen LogP contribution < -0.4 is 5.32 Å². The Kier molecular flexibility index (Phi) is 4.45. The maximum Gasteiger partial charge on any atom is 0.273 e. The van der Waals surface area contributed by atoms with Crippen LogP contribution in [0.3, 0.4) is 0 Å². The van der Waals surface area contributed by atoms with E-state index in [-0.39, 0.29) is 11.8 Å². The van der Waals surface area contributed by atoms with E-state index in [2.05, 4.69) is 10.3 Å². The SMILES string of the molecule is Cc1nc2sccn2c1C(=O)N1CCNC[C@@H]1C(=O)N1CCOCC1. The highest BCUT2D eigenvalue weighted by Gasteiger charge is 2.37. The van der Waals surface area contributed by atoms with E-state index in [9.17, 15) is 9.59 Å². The molecule has 9 heteroatoms. The molecule has 2 aliphatic rings. The largest absolute Gasteiger partial charge is 0.378 e. The highest BCUT2D eigenvalue weighted by molar-refractivity contribution is 7.15. The molecule has 2 aliphatic heterocycles. The first-order valence-corrected chi connectivity index (χ1v) is 9.35. The van der Waals surface area contributed by atoms with Gasteiger partial charge in [0.05, 0.1) is 18.9 Å². The second-order valence-electron chi connectivity index (χ2n) is 6.26. The summed E-state index contributed by atoms with van der Waals surface area (Å²) in [5, 5.41) is 5.15. The first-order valence-electron chi connectivity index (χ1n) is 8.47. The van der Waals surface area contributed by atoms with Crippen molar-refractivity contribution in [3.05, 3.63) is 23.0 Å². The summed E-state index contributed by atoms with van der Waals surface area (Å²) >= 11 is 1.50. The number of carbonyl (C=O) groups is 2. The van der Waals surface area contributed by atoms with Crippen molar-refractivity contribution in [2.24, 2.45) is 0 Å². The van der Waals surface area contributed by atoms with Crippen LogP contribution in [0.1, 0.15) is 16.2 Å². The van der Waals surface area contributed by atoms with Crippen LogP contribution in [0.25, 0.3) is 4.96 Å². The Morgan fingerprint density at radius 2 is 2.12 bits per heavy atom. The monoisotopic (exact) mass is 363 g/mol. The van der Waals surface area contributed by atoms with Crippen molar-refractivity contribution in [2.75, 3.05) is 45.9 Å². The van der Waals surface area contributed by atoms with E-state index in [4.69, 9.17) is 4.74 Å². The second kappa shape index (κ2) is 6.74. The van der Waals surface area contributed by atoms with Crippen LogP contribution in [0.15, 0.2) is 11.6 Å². The van der Waals surface area contributed by atoms with Crippen LogP contribution in [-0.4, -0.2) is 83.0 Å². The zero-order valence-electron chi connectivity index (χ0n) is 14.1. The van der Waals surface area contributed by atoms with Crippen LogP contribution in [0.2, 0.25) is 0 Å². The predicted octanol–water partition coefficient (Wildman–Crippen LogP) is -0.0230. The lowest BCUT2D eigenvalue weighted by atomic mass is 10.1. The maximum atomic E-state index is 13.2. The van der Waals surface area contributed by atoms with Gasteiger partial charge in [0.1, 0.15) is 11.7 Å². The first-order chi connectivity index (χ1) is 12.2. The van der Waals surface area contributed by atoms with Crippen LogP contribution in [-0.2, 0) is 9.53 Å². The van der Waals surface area contributed by atoms with E-state index in [1.807, 2.05) is 22.9 Å². The zero-order chi connectivity index (χ0) is 17.4. The number of carbonyl (C=O) groups excluding carboxylic acids is 2. The average Bonchev–Trinajstić information content (AvgIpc) is 3.21. The summed E-state index contributed by atoms with van der Waals surface area (Å²) in [6.07, 6.45) is 1.86. The molecule has 8 nitrogen and oxygen atoms in total. The van der Waals surface area contributed by atoms with Gasteiger partial charge in [-0.3, -0.25) is 14.0 Å². The van der Waals surface area contributed by atoms with E-state index < -0.39 is 6.04 Å². The summed E-state index contributed by atoms with van der Waals surface area (Å²) in [7, 11) is 0. The van der Waals surface area contributed by atoms with Gasteiger partial charge < -0.3 is 19.9 Å². The van der Waals surface area contributed by atoms with Crippen molar-refractivity contribution in [2.45, 2.75) is 13.0 Å². The Hall–Kier alpha value is -1.97. The number of ether oxygens (including phenoxy) is 1. The molecule has 0 aliphatic carbocycles. The molecule has 0 aromatic carbocycles. The molecule has 0 saturated carbocycles. The van der Waals surface area contributed by atoms with Crippen LogP contribution in [0.5, 0.6) is 0 Å². The quantitative estimate of drug-likeness (QED) is 0.811. The first kappa shape index (κ1) is 16.5. The van der Waals surface area contributed by atoms with Gasteiger partial charge in [-0.05, 0) is 6.92 Å². The van der Waals surface area contributed by atoms with Gasteiger partial charge in [0.15, 0.2) is 4.96 Å². The van der Waals surface area contributed by atoms with Crippen LogP contribution >= 0.6 is 11.3 Å². The third-order valence-corrected chi connectivity index (χ3v) is 5.51. The van der Waals surface area contributed by atoms with Gasteiger partial charge in [-0.2, -0.15) is 0 Å². The van der Waals surface area contributed by atoms with E-state index in [0.717, 1.165) is 4.96 Å². The highest BCUT2D eigenvalue weighted by atomic mass is 32.1. The van der Waals surface area contributed by atoms with Gasteiger partial charge in [-0.25, -0.2) is 4.98 Å². The van der Waals surface area contributed by atoms with E-state index >= 15 is 0 Å². The Labute approximate surface area is 149 Å². The lowest BCUT2D eigenvalue weighted by Crippen LogP contribution is -2.61. The summed E-state index contributed by atoms with van der Waals surface area (Å²) in [4.78, 5) is 34.9. The Morgan fingerprint density at radius 1 is 1.32 bits per heavy atom. The zero-order valence-corrected chi connectivity index (χ0v) is 14.9. The lowest BCUT2D eigenvalue weighted by molar-refractivity contribution is -0.140. The molecule has 2 fully saturated rings. The third kappa shape index (κ3) is 2.92. The standard InChI is InChI=1S/C16H21N5O3S/c1-11-13(21-6-9-25-16(21)18-11)15(23)20-3-2-17-10-12(20)14(22)19-4-7-24-8-5-19/h6,9,12,17H,2-5,7-8,10H2,1H3/t12-/m1/s1. The number of hydrogen-bond donors (Lipinski definition) is 1. The van der Waals surface area contributed by atoms with E-state index in [1.165, 1.54) is 11.3 Å². The number of imidazole rings is 1. The van der Waals surface area contributed by atoms with Gasteiger partial charge >= 0.3 is 0 Å². The summed E-state index contributed by atoms with van der Waals surface area (Å²) in [5.74, 6) is -0.135. The van der Waals surface area contributed by atoms with Gasteiger partial charge in [0, 0.05) is 44.3 Å². The second-order valence-corrected chi connectivity index (χ2v) is 7.13. The van der Waals surface area contributed by atoms with Gasteiger partial charge in [0.25, 0.3) is 5.91 Å². The fraction of sp³-hybridized carbons (Fsp3) is 0.562. The van der Waals surface area contributed by atoms with Crippen molar-refractivity contribution in [3.63, 3.8) is 0 Å². The van der Waals surface area contributed by atoms with Crippen molar-refractivity contribution in [1.82, 2.24) is 24.5 Å². The molecule has 25 heavy (non-hydrogen) atoms. The number of hydrogen-bond acceptors (Lipinski definition) is 6. The number of amides is 2. The summed E-state index contributed by atoms with van der Waals surface area (Å²) < 4.78 is 7.15. The minimum Gasteiger partial charge on any atom is -0.378 e. The molecular weight excluding hydrogens is 342 g/mol. The number of morpholine rings is 1. The average molecular weight is 363 g/mol. The third-order valence-electron chi connectivity index (χ3n) is 4.75. The lowest BCUT2D eigenvalue weighted by Gasteiger charge is -2.39. The molecule has 0 unspecified atom stereocenters. The fourth-order valence-electron chi connectivity index (χ4n) is 3.45. The predicted molar refractivity (Wildman–Crippen MR) is 92.9 cm³/mol. The Balaban J connectivity index is 1.62. The van der Waals surface area contributed by atoms with Crippen LogP contribution in [0, 0.1) is 6.92 Å². The molecule has 0 bridgehead atoms. The molecular formula is C16H21N5O3S. The molecule has 1 atom stereocenters. The molecule has 0 spiro atoms. The molecule has 2 aromatic heterocycles. The molecule has 1 N–H and O–H groups in total. The number of nitrogens with one attached hydrogen (secondary N) is 1. The number of nitrogens with zero attached hydrogens (tertiary/aromatic N) is 4. The fourth-order valence-corrected chi connectivity index (χ4v) is 4.21. The van der Waals surface area contributed by atoms with Crippen molar-refractivity contribution in [1.29, 1.82) is 0 Å². The molecule has 4 rings (SSSR count). The minimum atomic E-state index is -0.483. The number of rotatable bonds is 2. The maximum absolute atomic E-state index is 13.2. The van der Waals surface area contributed by atoms with E-state index in [0.29, 0.717) is 57.3 Å². The van der Waals surface area contributed by atoms with Crippen LogP contribution in [0.4, 0.5) is 0 Å². The molecule has 4 heterocycles. The molecule has 2 amide bonds. The Bertz CT molecular complexity index is 795.